The summed E-state index contributed by atoms with van der Waals surface area (Å²) in [4.78, 5) is 3.75. The molecule has 6 heteroatoms. The summed E-state index contributed by atoms with van der Waals surface area (Å²) in [5.74, 6) is -0.408. The van der Waals surface area contributed by atoms with E-state index < -0.39 is 5.82 Å². The van der Waals surface area contributed by atoms with Crippen LogP contribution in [0.25, 0.3) is 5.69 Å². The number of rotatable bonds is 3. The lowest BCUT2D eigenvalue weighted by Gasteiger charge is -1.99. The Kier molecular flexibility index (Phi) is 3.05. The van der Waals surface area contributed by atoms with E-state index in [1.807, 2.05) is 6.92 Å². The van der Waals surface area contributed by atoms with Gasteiger partial charge in [-0.05, 0) is 6.92 Å². The van der Waals surface area contributed by atoms with Gasteiger partial charge in [-0.25, -0.2) is 9.07 Å². The molecule has 2 aromatic heterocycles. The van der Waals surface area contributed by atoms with Gasteiger partial charge in [-0.15, -0.1) is 0 Å². The minimum absolute atomic E-state index is 0.353. The van der Waals surface area contributed by atoms with Crippen LogP contribution in [0.15, 0.2) is 24.7 Å². The van der Waals surface area contributed by atoms with Gasteiger partial charge in [0, 0.05) is 12.6 Å². The van der Waals surface area contributed by atoms with Gasteiger partial charge in [0.05, 0.1) is 30.0 Å². The molecule has 0 aromatic carbocycles. The fraction of sp³-hybridized carbons (Fsp3) is 0.200. The van der Waals surface area contributed by atoms with Gasteiger partial charge in [0.2, 0.25) is 0 Å². The summed E-state index contributed by atoms with van der Waals surface area (Å²) in [6, 6.07) is 1.34. The molecule has 4 nitrogen and oxygen atoms in total. The van der Waals surface area contributed by atoms with Gasteiger partial charge >= 0.3 is 0 Å². The number of halogens is 2. The van der Waals surface area contributed by atoms with Crippen molar-refractivity contribution in [2.75, 3.05) is 11.9 Å². The van der Waals surface area contributed by atoms with E-state index in [0.717, 1.165) is 12.7 Å². The van der Waals surface area contributed by atoms with Crippen LogP contribution in [0.4, 0.5) is 10.1 Å². The summed E-state index contributed by atoms with van der Waals surface area (Å²) < 4.78 is 14.4. The van der Waals surface area contributed by atoms with Crippen molar-refractivity contribution in [1.82, 2.24) is 14.8 Å². The van der Waals surface area contributed by atoms with Crippen LogP contribution in [0.2, 0.25) is 5.15 Å². The average molecular weight is 241 g/mol. The largest absolute Gasteiger partial charge is 0.382 e. The quantitative estimate of drug-likeness (QED) is 0.896. The molecule has 0 amide bonds. The topological polar surface area (TPSA) is 42.7 Å². The first-order valence-electron chi connectivity index (χ1n) is 4.80. The van der Waals surface area contributed by atoms with Crippen molar-refractivity contribution < 1.29 is 4.39 Å². The molecule has 0 fully saturated rings. The highest BCUT2D eigenvalue weighted by atomic mass is 35.5. The highest BCUT2D eigenvalue weighted by Gasteiger charge is 2.07. The van der Waals surface area contributed by atoms with Crippen molar-refractivity contribution in [3.05, 3.63) is 35.6 Å². The first kappa shape index (κ1) is 10.9. The van der Waals surface area contributed by atoms with Crippen molar-refractivity contribution in [2.24, 2.45) is 0 Å². The molecule has 0 atom stereocenters. The predicted octanol–water partition coefficient (Wildman–Crippen LogP) is 2.49. The Labute approximate surface area is 97.1 Å². The molecular formula is C10H10ClFN4. The molecule has 0 unspecified atom stereocenters. The molecule has 0 spiro atoms. The third-order valence-electron chi connectivity index (χ3n) is 1.99. The number of pyridine rings is 1. The summed E-state index contributed by atoms with van der Waals surface area (Å²) in [6.45, 7) is 2.70. The van der Waals surface area contributed by atoms with Crippen molar-refractivity contribution in [3.8, 4) is 5.69 Å². The second kappa shape index (κ2) is 4.49. The summed E-state index contributed by atoms with van der Waals surface area (Å²) in [7, 11) is 0. The van der Waals surface area contributed by atoms with E-state index in [-0.39, 0.29) is 0 Å². The highest BCUT2D eigenvalue weighted by molar-refractivity contribution is 6.32. The number of hydrogen-bond acceptors (Lipinski definition) is 3. The molecule has 2 rings (SSSR count). The first-order chi connectivity index (χ1) is 7.70. The molecule has 0 bridgehead atoms. The molecule has 1 N–H and O–H groups in total. The van der Waals surface area contributed by atoms with Gasteiger partial charge in [0.1, 0.15) is 5.82 Å². The van der Waals surface area contributed by atoms with E-state index in [9.17, 15) is 4.39 Å². The normalized spacial score (nSPS) is 10.4. The third-order valence-corrected chi connectivity index (χ3v) is 2.27. The maximum Gasteiger partial charge on any atom is 0.174 e. The maximum atomic E-state index is 13.0. The summed E-state index contributed by atoms with van der Waals surface area (Å²) in [5, 5.41) is 7.46. The van der Waals surface area contributed by atoms with Crippen molar-refractivity contribution >= 4 is 17.3 Å². The Morgan fingerprint density at radius 3 is 3.00 bits per heavy atom. The predicted molar refractivity (Wildman–Crippen MR) is 60.5 cm³/mol. The monoisotopic (exact) mass is 240 g/mol. The van der Waals surface area contributed by atoms with E-state index >= 15 is 0 Å². The minimum Gasteiger partial charge on any atom is -0.382 e. The van der Waals surface area contributed by atoms with E-state index in [1.165, 1.54) is 16.9 Å². The summed E-state index contributed by atoms with van der Waals surface area (Å²) in [6.07, 6.45) is 4.35. The zero-order valence-electron chi connectivity index (χ0n) is 8.61. The van der Waals surface area contributed by atoms with Crippen LogP contribution >= 0.6 is 11.6 Å². The van der Waals surface area contributed by atoms with E-state index in [0.29, 0.717) is 16.5 Å². The van der Waals surface area contributed by atoms with Crippen molar-refractivity contribution in [2.45, 2.75) is 6.92 Å². The molecule has 2 heterocycles. The fourth-order valence-corrected chi connectivity index (χ4v) is 1.52. The number of nitrogens with zero attached hydrogens (tertiary/aromatic N) is 3. The lowest BCUT2D eigenvalue weighted by atomic mass is 10.4. The standard InChI is InChI=1S/C10H10ClFN4/c1-2-14-9-6-16(15-10(9)11)8-3-7(12)4-13-5-8/h3-6,14H,2H2,1H3. The van der Waals surface area contributed by atoms with Gasteiger partial charge in [-0.3, -0.25) is 4.98 Å². The van der Waals surface area contributed by atoms with Crippen LogP contribution in [0.1, 0.15) is 6.92 Å². The molecule has 0 aliphatic heterocycles. The van der Waals surface area contributed by atoms with Gasteiger partial charge in [-0.1, -0.05) is 11.6 Å². The molecular weight excluding hydrogens is 231 g/mol. The first-order valence-corrected chi connectivity index (χ1v) is 5.18. The molecule has 0 aliphatic carbocycles. The number of aromatic nitrogens is 3. The molecule has 0 radical (unpaired) electrons. The lowest BCUT2D eigenvalue weighted by Crippen LogP contribution is -1.97. The Hall–Kier alpha value is -1.62. The van der Waals surface area contributed by atoms with Crippen molar-refractivity contribution in [3.63, 3.8) is 0 Å². The van der Waals surface area contributed by atoms with Gasteiger partial charge < -0.3 is 5.32 Å². The smallest absolute Gasteiger partial charge is 0.174 e. The molecule has 0 saturated carbocycles. The van der Waals surface area contributed by atoms with E-state index in [2.05, 4.69) is 15.4 Å². The van der Waals surface area contributed by atoms with Crippen LogP contribution in [0, 0.1) is 5.82 Å². The van der Waals surface area contributed by atoms with Crippen LogP contribution in [-0.4, -0.2) is 21.3 Å². The van der Waals surface area contributed by atoms with Crippen LogP contribution < -0.4 is 5.32 Å². The molecule has 0 saturated heterocycles. The maximum absolute atomic E-state index is 13.0. The van der Waals surface area contributed by atoms with E-state index in [1.54, 1.807) is 6.20 Å². The number of anilines is 1. The number of hydrogen-bond donors (Lipinski definition) is 1. The SMILES string of the molecule is CCNc1cn(-c2cncc(F)c2)nc1Cl. The van der Waals surface area contributed by atoms with Gasteiger partial charge in [0.15, 0.2) is 5.15 Å². The lowest BCUT2D eigenvalue weighted by molar-refractivity contribution is 0.618. The minimum atomic E-state index is -0.408. The zero-order chi connectivity index (χ0) is 11.5. The summed E-state index contributed by atoms with van der Waals surface area (Å²) >= 11 is 5.90. The summed E-state index contributed by atoms with van der Waals surface area (Å²) in [5.41, 5.74) is 1.25. The van der Waals surface area contributed by atoms with Crippen LogP contribution in [0.5, 0.6) is 0 Å². The average Bonchev–Trinajstić information content (AvgIpc) is 2.61. The Balaban J connectivity index is 2.37. The Bertz CT molecular complexity index is 497. The third kappa shape index (κ3) is 2.14. The van der Waals surface area contributed by atoms with Crippen LogP contribution in [-0.2, 0) is 0 Å². The van der Waals surface area contributed by atoms with Crippen molar-refractivity contribution in [1.29, 1.82) is 0 Å². The van der Waals surface area contributed by atoms with Crippen LogP contribution in [0.3, 0.4) is 0 Å². The molecule has 0 aliphatic rings. The molecule has 84 valence electrons. The fourth-order valence-electron chi connectivity index (χ4n) is 1.32. The molecule has 16 heavy (non-hydrogen) atoms. The Morgan fingerprint density at radius 2 is 2.31 bits per heavy atom. The van der Waals surface area contributed by atoms with Gasteiger partial charge in [-0.2, -0.15) is 5.10 Å². The Morgan fingerprint density at radius 1 is 1.50 bits per heavy atom. The van der Waals surface area contributed by atoms with E-state index in [4.69, 9.17) is 11.6 Å². The van der Waals surface area contributed by atoms with Gasteiger partial charge in [0.25, 0.3) is 0 Å². The second-order valence-corrected chi connectivity index (χ2v) is 3.53. The zero-order valence-corrected chi connectivity index (χ0v) is 9.37. The highest BCUT2D eigenvalue weighted by Crippen LogP contribution is 2.21. The molecule has 2 aromatic rings. The number of nitrogens with one attached hydrogen (secondary N) is 1. The second-order valence-electron chi connectivity index (χ2n) is 3.17.